The number of epoxide rings is 1. The number of rotatable bonds is 1. The summed E-state index contributed by atoms with van der Waals surface area (Å²) in [4.78, 5) is 25.7. The number of aliphatic hydroxyl groups excluding tert-OH is 2. The summed E-state index contributed by atoms with van der Waals surface area (Å²) in [6, 6.07) is 0. The Bertz CT molecular complexity index is 669. The van der Waals surface area contributed by atoms with Gasteiger partial charge in [-0.3, -0.25) is 9.59 Å². The van der Waals surface area contributed by atoms with Crippen LogP contribution in [0, 0.1) is 17.3 Å². The van der Waals surface area contributed by atoms with Gasteiger partial charge in [0.15, 0.2) is 0 Å². The van der Waals surface area contributed by atoms with Gasteiger partial charge in [0.25, 0.3) is 0 Å². The molecule has 2 rings (SSSR count). The lowest BCUT2D eigenvalue weighted by Crippen LogP contribution is -2.45. The van der Waals surface area contributed by atoms with Crippen molar-refractivity contribution in [2.24, 2.45) is 17.3 Å². The van der Waals surface area contributed by atoms with Crippen molar-refractivity contribution in [1.29, 1.82) is 0 Å². The molecule has 0 aromatic rings. The van der Waals surface area contributed by atoms with Crippen LogP contribution in [0.25, 0.3) is 0 Å². The molecule has 0 bridgehead atoms. The molecule has 2 heterocycles. The Kier molecular flexibility index (Phi) is 7.92. The molecule has 2 unspecified atom stereocenters. The zero-order valence-corrected chi connectivity index (χ0v) is 19.6. The summed E-state index contributed by atoms with van der Waals surface area (Å²) < 4.78 is 11.7. The number of hydrogen-bond acceptors (Lipinski definition) is 6. The predicted octanol–water partition coefficient (Wildman–Crippen LogP) is 3.58. The Morgan fingerprint density at radius 1 is 1.17 bits per heavy atom. The van der Waals surface area contributed by atoms with Gasteiger partial charge in [-0.25, -0.2) is 0 Å². The molecule has 0 aromatic carbocycles. The number of ether oxygens (including phenoxy) is 2. The van der Waals surface area contributed by atoms with E-state index in [-0.39, 0.29) is 29.8 Å². The minimum Gasteiger partial charge on any atom is -0.458 e. The highest BCUT2D eigenvalue weighted by Crippen LogP contribution is 2.45. The maximum atomic E-state index is 13.1. The molecule has 6 heteroatoms. The molecule has 2 fully saturated rings. The molecule has 0 radical (unpaired) electrons. The van der Waals surface area contributed by atoms with Crippen LogP contribution in [0.4, 0.5) is 0 Å². The van der Waals surface area contributed by atoms with Crippen LogP contribution in [0.15, 0.2) is 11.6 Å². The summed E-state index contributed by atoms with van der Waals surface area (Å²) >= 11 is 0. The highest BCUT2D eigenvalue weighted by Gasteiger charge is 2.53. The Balaban J connectivity index is 2.26. The molecule has 30 heavy (non-hydrogen) atoms. The van der Waals surface area contributed by atoms with Gasteiger partial charge in [-0.1, -0.05) is 40.2 Å². The maximum absolute atomic E-state index is 13.1. The number of hydrogen-bond donors (Lipinski definition) is 2. The number of cyclic esters (lactones) is 1. The molecule has 0 aromatic heterocycles. The Labute approximate surface area is 181 Å². The largest absolute Gasteiger partial charge is 0.458 e. The Morgan fingerprint density at radius 2 is 1.80 bits per heavy atom. The summed E-state index contributed by atoms with van der Waals surface area (Å²) in [7, 11) is 0. The third-order valence-corrected chi connectivity index (χ3v) is 7.37. The van der Waals surface area contributed by atoms with E-state index in [1.807, 2.05) is 26.8 Å². The van der Waals surface area contributed by atoms with Gasteiger partial charge < -0.3 is 19.7 Å². The van der Waals surface area contributed by atoms with Gasteiger partial charge in [0.2, 0.25) is 0 Å². The molecular weight excluding hydrogens is 384 g/mol. The third-order valence-electron chi connectivity index (χ3n) is 7.37. The number of fused-ring (bicyclic) bond motifs is 1. The van der Waals surface area contributed by atoms with Crippen LogP contribution < -0.4 is 0 Å². The smallest absolute Gasteiger partial charge is 0.309 e. The molecule has 2 aliphatic rings. The summed E-state index contributed by atoms with van der Waals surface area (Å²) in [6.07, 6.45) is 2.37. The average molecular weight is 425 g/mol. The standard InChI is InChI=1S/C24H40O6/c1-8-14(2)17-12-19-24(7,30-19)11-9-10-15(3)21(27)16(4)22(28)23(5,6)18(25)13-20(26)29-17/h8,15-19,21,25,27H,9-13H2,1-7H3/b14-8+/t15-,16+,17-,18-,19?,21?,24+/m0/s1. The van der Waals surface area contributed by atoms with E-state index in [2.05, 4.69) is 6.92 Å². The van der Waals surface area contributed by atoms with E-state index in [9.17, 15) is 19.8 Å². The van der Waals surface area contributed by atoms with Gasteiger partial charge in [-0.05, 0) is 45.1 Å². The van der Waals surface area contributed by atoms with Crippen molar-refractivity contribution in [3.05, 3.63) is 11.6 Å². The topological polar surface area (TPSA) is 96.4 Å². The lowest BCUT2D eigenvalue weighted by atomic mass is 9.73. The summed E-state index contributed by atoms with van der Waals surface area (Å²) in [5.74, 6) is -1.46. The van der Waals surface area contributed by atoms with Gasteiger partial charge in [0.1, 0.15) is 11.9 Å². The molecule has 0 spiro atoms. The highest BCUT2D eigenvalue weighted by molar-refractivity contribution is 5.88. The Hall–Kier alpha value is -1.24. The molecular formula is C24H40O6. The van der Waals surface area contributed by atoms with E-state index in [1.165, 1.54) is 0 Å². The average Bonchev–Trinajstić information content (AvgIpc) is 3.32. The molecule has 0 aliphatic carbocycles. The van der Waals surface area contributed by atoms with Gasteiger partial charge in [0.05, 0.1) is 35.7 Å². The van der Waals surface area contributed by atoms with Crippen LogP contribution in [0.5, 0.6) is 0 Å². The fourth-order valence-electron chi connectivity index (χ4n) is 4.48. The highest BCUT2D eigenvalue weighted by atomic mass is 16.6. The molecule has 2 aliphatic heterocycles. The first-order valence-electron chi connectivity index (χ1n) is 11.2. The fraction of sp³-hybridized carbons (Fsp3) is 0.833. The van der Waals surface area contributed by atoms with Gasteiger partial charge in [-0.15, -0.1) is 0 Å². The van der Waals surface area contributed by atoms with E-state index >= 15 is 0 Å². The van der Waals surface area contributed by atoms with Crippen molar-refractivity contribution >= 4 is 11.8 Å². The second-order valence-electron chi connectivity index (χ2n) is 10.1. The van der Waals surface area contributed by atoms with E-state index in [4.69, 9.17) is 9.47 Å². The van der Waals surface area contributed by atoms with E-state index in [0.717, 1.165) is 24.8 Å². The molecule has 2 N–H and O–H groups in total. The van der Waals surface area contributed by atoms with Crippen molar-refractivity contribution in [3.8, 4) is 0 Å². The summed E-state index contributed by atoms with van der Waals surface area (Å²) in [5, 5.41) is 21.4. The number of carbonyl (C=O) groups is 2. The third kappa shape index (κ3) is 5.51. The van der Waals surface area contributed by atoms with Gasteiger partial charge >= 0.3 is 5.97 Å². The number of esters is 1. The van der Waals surface area contributed by atoms with Crippen LogP contribution in [-0.2, 0) is 19.1 Å². The SMILES string of the molecule is C/C=C(\C)[C@@H]1CC2O[C@]2(C)CCC[C@H](C)C(O)[C@@H](C)C(=O)C(C)(C)[C@@H](O)CC(=O)O1. The maximum Gasteiger partial charge on any atom is 0.309 e. The molecule has 0 amide bonds. The quantitative estimate of drug-likeness (QED) is 0.379. The van der Waals surface area contributed by atoms with Crippen molar-refractivity contribution < 1.29 is 29.3 Å². The van der Waals surface area contributed by atoms with Crippen molar-refractivity contribution in [2.75, 3.05) is 0 Å². The Morgan fingerprint density at radius 3 is 2.40 bits per heavy atom. The van der Waals surface area contributed by atoms with Crippen LogP contribution >= 0.6 is 0 Å². The lowest BCUT2D eigenvalue weighted by molar-refractivity contribution is -0.154. The number of carbonyl (C=O) groups excluding carboxylic acids is 2. The molecule has 7 atom stereocenters. The van der Waals surface area contributed by atoms with Crippen LogP contribution in [0.3, 0.4) is 0 Å². The van der Waals surface area contributed by atoms with Crippen molar-refractivity contribution in [1.82, 2.24) is 0 Å². The normalized spacial score (nSPS) is 41.7. The summed E-state index contributed by atoms with van der Waals surface area (Å²) in [6.45, 7) is 12.8. The molecule has 172 valence electrons. The predicted molar refractivity (Wildman–Crippen MR) is 115 cm³/mol. The van der Waals surface area contributed by atoms with Crippen molar-refractivity contribution in [2.45, 2.75) is 111 Å². The molecule has 0 saturated carbocycles. The van der Waals surface area contributed by atoms with Crippen LogP contribution in [-0.4, -0.2) is 52.0 Å². The van der Waals surface area contributed by atoms with E-state index < -0.39 is 35.6 Å². The first-order valence-corrected chi connectivity index (χ1v) is 11.2. The number of aliphatic hydroxyl groups is 2. The second kappa shape index (κ2) is 9.49. The fourth-order valence-corrected chi connectivity index (χ4v) is 4.48. The number of Topliss-reactive ketones (excluding diaryl/α,β-unsaturated/α-hetero) is 1. The van der Waals surface area contributed by atoms with E-state index in [1.54, 1.807) is 20.8 Å². The first kappa shape index (κ1) is 25.0. The first-order chi connectivity index (χ1) is 13.8. The van der Waals surface area contributed by atoms with Crippen LogP contribution in [0.2, 0.25) is 0 Å². The van der Waals surface area contributed by atoms with Crippen molar-refractivity contribution in [3.63, 3.8) is 0 Å². The number of allylic oxidation sites excluding steroid dienone is 1. The minimum atomic E-state index is -1.19. The molecule has 2 saturated heterocycles. The zero-order valence-electron chi connectivity index (χ0n) is 19.6. The number of ketones is 1. The second-order valence-corrected chi connectivity index (χ2v) is 10.1. The van der Waals surface area contributed by atoms with Gasteiger partial charge in [0, 0.05) is 12.3 Å². The van der Waals surface area contributed by atoms with Gasteiger partial charge in [-0.2, -0.15) is 0 Å². The molecule has 6 nitrogen and oxygen atoms in total. The summed E-state index contributed by atoms with van der Waals surface area (Å²) in [5.41, 5.74) is -0.472. The van der Waals surface area contributed by atoms with E-state index in [0.29, 0.717) is 6.42 Å². The lowest BCUT2D eigenvalue weighted by Gasteiger charge is -2.34. The van der Waals surface area contributed by atoms with Crippen LogP contribution in [0.1, 0.15) is 80.6 Å². The monoisotopic (exact) mass is 424 g/mol. The zero-order chi connectivity index (χ0) is 22.9. The minimum absolute atomic E-state index is 0.0141.